The number of nitrogens with one attached hydrogen (secondary N) is 1. The van der Waals surface area contributed by atoms with Gasteiger partial charge in [0.25, 0.3) is 26.1 Å². The van der Waals surface area contributed by atoms with Crippen LogP contribution < -0.4 is 4.72 Å². The topological polar surface area (TPSA) is 136 Å². The van der Waals surface area contributed by atoms with Crippen LogP contribution in [0.1, 0.15) is 37.5 Å². The standard InChI is InChI=1S/C25H29FN4O6S2/c1-25(2,3)23-21(31)19(24(32)30(23)14-15-9-11-17(26)12-10-15)20-18-8-6-7-16(22(18)37(33,34)28-20)13-27-38(35,36)29(4)5/h6-12,23,27,31H,13-14H2,1-5H3/t23-/m1/s1. The minimum Gasteiger partial charge on any atom is -0.509 e. The Labute approximate surface area is 221 Å². The summed E-state index contributed by atoms with van der Waals surface area (Å²) in [6, 6.07) is 9.25. The molecule has 10 nitrogen and oxygen atoms in total. The van der Waals surface area contributed by atoms with Gasteiger partial charge in [-0.15, -0.1) is 0 Å². The number of sulfonamides is 1. The highest BCUT2D eigenvalue weighted by atomic mass is 32.2. The van der Waals surface area contributed by atoms with E-state index < -0.39 is 43.4 Å². The Morgan fingerprint density at radius 1 is 1.13 bits per heavy atom. The maximum absolute atomic E-state index is 13.7. The van der Waals surface area contributed by atoms with Crippen molar-refractivity contribution in [3.63, 3.8) is 0 Å². The number of nitrogens with zero attached hydrogens (tertiary/aromatic N) is 3. The quantitative estimate of drug-likeness (QED) is 0.530. The molecular weight excluding hydrogens is 535 g/mol. The SMILES string of the molecule is CN(C)S(=O)(=O)NCc1cccc2c1S(=O)(=O)N=C2C1=C(O)[C@H](C(C)(C)C)N(Cc2ccc(F)cc2)C1=O. The monoisotopic (exact) mass is 564 g/mol. The maximum atomic E-state index is 13.7. The number of aliphatic hydroxyl groups is 1. The molecule has 0 aliphatic carbocycles. The molecule has 1 amide bonds. The lowest BCUT2D eigenvalue weighted by Crippen LogP contribution is -2.43. The predicted octanol–water partition coefficient (Wildman–Crippen LogP) is 2.48. The van der Waals surface area contributed by atoms with Crippen LogP contribution >= 0.6 is 0 Å². The summed E-state index contributed by atoms with van der Waals surface area (Å²) in [4.78, 5) is 14.9. The molecule has 2 aliphatic rings. The van der Waals surface area contributed by atoms with E-state index in [-0.39, 0.29) is 46.2 Å². The van der Waals surface area contributed by atoms with E-state index in [1.54, 1.807) is 0 Å². The molecule has 0 saturated heterocycles. The van der Waals surface area contributed by atoms with E-state index in [2.05, 4.69) is 9.12 Å². The fraction of sp³-hybridized carbons (Fsp3) is 0.360. The summed E-state index contributed by atoms with van der Waals surface area (Å²) >= 11 is 0. The Hall–Kier alpha value is -3.13. The Morgan fingerprint density at radius 3 is 2.34 bits per heavy atom. The summed E-state index contributed by atoms with van der Waals surface area (Å²) < 4.78 is 71.3. The van der Waals surface area contributed by atoms with Crippen LogP contribution in [-0.4, -0.2) is 62.9 Å². The molecule has 2 heterocycles. The molecule has 38 heavy (non-hydrogen) atoms. The summed E-state index contributed by atoms with van der Waals surface area (Å²) in [6.45, 7) is 5.22. The molecule has 4 rings (SSSR count). The predicted molar refractivity (Wildman–Crippen MR) is 139 cm³/mol. The molecule has 0 fully saturated rings. The van der Waals surface area contributed by atoms with Gasteiger partial charge in [-0.05, 0) is 28.7 Å². The average molecular weight is 565 g/mol. The molecule has 0 aromatic heterocycles. The van der Waals surface area contributed by atoms with Crippen LogP contribution in [0.5, 0.6) is 0 Å². The lowest BCUT2D eigenvalue weighted by atomic mass is 9.84. The third-order valence-electron chi connectivity index (χ3n) is 6.37. The second kappa shape index (κ2) is 9.56. The summed E-state index contributed by atoms with van der Waals surface area (Å²) in [5.41, 5.74) is -0.212. The fourth-order valence-corrected chi connectivity index (χ4v) is 6.64. The number of aliphatic hydroxyl groups excluding tert-OH is 1. The van der Waals surface area contributed by atoms with Gasteiger partial charge in [0.15, 0.2) is 0 Å². The number of rotatable bonds is 7. The van der Waals surface area contributed by atoms with Crippen molar-refractivity contribution >= 4 is 31.9 Å². The zero-order chi connectivity index (χ0) is 28.2. The van der Waals surface area contributed by atoms with Crippen LogP contribution in [0.3, 0.4) is 0 Å². The van der Waals surface area contributed by atoms with Gasteiger partial charge in [-0.1, -0.05) is 51.1 Å². The van der Waals surface area contributed by atoms with Gasteiger partial charge in [-0.3, -0.25) is 4.79 Å². The normalized spacial score (nSPS) is 19.3. The van der Waals surface area contributed by atoms with Crippen molar-refractivity contribution in [3.05, 3.63) is 76.3 Å². The molecule has 0 unspecified atom stereocenters. The maximum Gasteiger partial charge on any atom is 0.283 e. The van der Waals surface area contributed by atoms with Gasteiger partial charge in [0.05, 0.1) is 6.04 Å². The first-order chi connectivity index (χ1) is 17.5. The summed E-state index contributed by atoms with van der Waals surface area (Å²) in [5, 5.41) is 11.3. The lowest BCUT2D eigenvalue weighted by molar-refractivity contribution is -0.129. The van der Waals surface area contributed by atoms with E-state index >= 15 is 0 Å². The Bertz CT molecular complexity index is 1570. The Balaban J connectivity index is 1.78. The summed E-state index contributed by atoms with van der Waals surface area (Å²) in [5.74, 6) is -1.36. The van der Waals surface area contributed by atoms with E-state index in [0.717, 1.165) is 4.31 Å². The molecule has 2 aromatic rings. The van der Waals surface area contributed by atoms with Crippen LogP contribution in [0.25, 0.3) is 0 Å². The zero-order valence-electron chi connectivity index (χ0n) is 21.6. The highest BCUT2D eigenvalue weighted by Gasteiger charge is 2.49. The second-order valence-electron chi connectivity index (χ2n) is 10.4. The molecule has 0 spiro atoms. The smallest absolute Gasteiger partial charge is 0.283 e. The summed E-state index contributed by atoms with van der Waals surface area (Å²) in [7, 11) is -5.49. The molecular formula is C25H29FN4O6S2. The first-order valence-corrected chi connectivity index (χ1v) is 14.6. The van der Waals surface area contributed by atoms with Crippen LogP contribution in [-0.2, 0) is 38.1 Å². The Kier molecular flexibility index (Phi) is 7.02. The van der Waals surface area contributed by atoms with Crippen molar-refractivity contribution in [1.29, 1.82) is 0 Å². The Morgan fingerprint density at radius 2 is 1.76 bits per heavy atom. The van der Waals surface area contributed by atoms with Crippen molar-refractivity contribution < 1.29 is 31.1 Å². The number of hydrogen-bond donors (Lipinski definition) is 2. The van der Waals surface area contributed by atoms with E-state index in [1.165, 1.54) is 61.5 Å². The van der Waals surface area contributed by atoms with Crippen molar-refractivity contribution in [3.8, 4) is 0 Å². The van der Waals surface area contributed by atoms with Crippen LogP contribution in [0, 0.1) is 11.2 Å². The third-order valence-corrected chi connectivity index (χ3v) is 9.26. The van der Waals surface area contributed by atoms with E-state index in [4.69, 9.17) is 0 Å². The molecule has 0 bridgehead atoms. The van der Waals surface area contributed by atoms with Gasteiger partial charge < -0.3 is 10.0 Å². The minimum absolute atomic E-state index is 0.0495. The number of carbonyl (C=O) groups excluding carboxylic acids is 1. The molecule has 1 atom stereocenters. The number of fused-ring (bicyclic) bond motifs is 1. The first-order valence-electron chi connectivity index (χ1n) is 11.7. The highest BCUT2D eigenvalue weighted by Crippen LogP contribution is 2.41. The van der Waals surface area contributed by atoms with Gasteiger partial charge in [-0.25, -0.2) is 4.39 Å². The van der Waals surface area contributed by atoms with Gasteiger partial charge in [0.1, 0.15) is 27.8 Å². The number of amides is 1. The molecule has 2 aromatic carbocycles. The lowest BCUT2D eigenvalue weighted by Gasteiger charge is -2.35. The molecule has 13 heteroatoms. The van der Waals surface area contributed by atoms with Crippen molar-refractivity contribution in [1.82, 2.24) is 13.9 Å². The van der Waals surface area contributed by atoms with Crippen LogP contribution in [0.2, 0.25) is 0 Å². The van der Waals surface area contributed by atoms with E-state index in [1.807, 2.05) is 20.8 Å². The molecule has 0 radical (unpaired) electrons. The van der Waals surface area contributed by atoms with Crippen LogP contribution in [0.4, 0.5) is 4.39 Å². The number of halogens is 1. The largest absolute Gasteiger partial charge is 0.509 e. The second-order valence-corrected chi connectivity index (χ2v) is 13.9. The number of benzene rings is 2. The minimum atomic E-state index is -4.31. The van der Waals surface area contributed by atoms with Crippen molar-refractivity contribution in [2.45, 2.75) is 44.8 Å². The van der Waals surface area contributed by atoms with Gasteiger partial charge in [-0.2, -0.15) is 30.3 Å². The zero-order valence-corrected chi connectivity index (χ0v) is 23.2. The highest BCUT2D eigenvalue weighted by molar-refractivity contribution is 7.91. The van der Waals surface area contributed by atoms with E-state index in [9.17, 15) is 31.1 Å². The number of hydrogen-bond acceptors (Lipinski definition) is 6. The van der Waals surface area contributed by atoms with Gasteiger partial charge in [0.2, 0.25) is 0 Å². The van der Waals surface area contributed by atoms with Crippen molar-refractivity contribution in [2.24, 2.45) is 9.81 Å². The van der Waals surface area contributed by atoms with Crippen molar-refractivity contribution in [2.75, 3.05) is 14.1 Å². The molecule has 2 N–H and O–H groups in total. The average Bonchev–Trinajstić information content (AvgIpc) is 3.22. The molecule has 2 aliphatic heterocycles. The fourth-order valence-electron chi connectivity index (χ4n) is 4.61. The van der Waals surface area contributed by atoms with Gasteiger partial charge >= 0.3 is 0 Å². The third kappa shape index (κ3) is 4.98. The van der Waals surface area contributed by atoms with Gasteiger partial charge in [0, 0.05) is 32.7 Å². The number of carbonyl (C=O) groups is 1. The molecule has 204 valence electrons. The van der Waals surface area contributed by atoms with Crippen LogP contribution in [0.15, 0.2) is 63.1 Å². The summed E-state index contributed by atoms with van der Waals surface area (Å²) in [6.07, 6.45) is 0. The van der Waals surface area contributed by atoms with E-state index in [0.29, 0.717) is 5.56 Å². The first kappa shape index (κ1) is 27.9. The molecule has 0 saturated carbocycles.